The highest BCUT2D eigenvalue weighted by Gasteiger charge is 2.07. The van der Waals surface area contributed by atoms with Crippen molar-refractivity contribution in [2.75, 3.05) is 11.9 Å². The van der Waals surface area contributed by atoms with E-state index in [-0.39, 0.29) is 17.2 Å². The topological polar surface area (TPSA) is 107 Å². The third-order valence-electron chi connectivity index (χ3n) is 3.83. The van der Waals surface area contributed by atoms with Crippen LogP contribution in [0.2, 0.25) is 10.6 Å². The third-order valence-corrected chi connectivity index (χ3v) is 4.65. The number of alkyl halides is 1. The van der Waals surface area contributed by atoms with Gasteiger partial charge in [-0.2, -0.15) is 0 Å². The summed E-state index contributed by atoms with van der Waals surface area (Å²) in [6, 6.07) is 10.5. The van der Waals surface area contributed by atoms with E-state index in [1.54, 1.807) is 48.8 Å². The summed E-state index contributed by atoms with van der Waals surface area (Å²) in [5.74, 6) is 2.44. The Balaban J connectivity index is 0.000000217. The Hall–Kier alpha value is -2.82. The summed E-state index contributed by atoms with van der Waals surface area (Å²) in [4.78, 5) is 15.6. The largest absolute Gasteiger partial charge is 0.457 e. The molecular weight excluding hydrogens is 559 g/mol. The van der Waals surface area contributed by atoms with Crippen molar-refractivity contribution in [2.45, 2.75) is 13.2 Å². The molecule has 11 heteroatoms. The van der Waals surface area contributed by atoms with Gasteiger partial charge in [0.25, 0.3) is 0 Å². The highest BCUT2D eigenvalue weighted by Crippen LogP contribution is 2.22. The Kier molecular flexibility index (Phi) is 13.0. The van der Waals surface area contributed by atoms with Crippen LogP contribution in [-0.4, -0.2) is 37.0 Å². The van der Waals surface area contributed by atoms with E-state index in [0.29, 0.717) is 41.9 Å². The van der Waals surface area contributed by atoms with Crippen molar-refractivity contribution in [3.05, 3.63) is 96.2 Å². The smallest absolute Gasteiger partial charge is 0.222 e. The van der Waals surface area contributed by atoms with Gasteiger partial charge in [0.1, 0.15) is 36.1 Å². The zero-order chi connectivity index (χ0) is 25.5. The van der Waals surface area contributed by atoms with E-state index in [4.69, 9.17) is 41.9 Å². The molecule has 1 N–H and O–H groups in total. The number of aliphatic hydroxyl groups is 1. The Morgan fingerprint density at radius 3 is 1.80 bits per heavy atom. The van der Waals surface area contributed by atoms with Crippen LogP contribution in [0.15, 0.2) is 82.9 Å². The number of furan rings is 2. The predicted octanol–water partition coefficient (Wildman–Crippen LogP) is 6.54. The van der Waals surface area contributed by atoms with Crippen LogP contribution in [0.3, 0.4) is 0 Å². The minimum absolute atomic E-state index is 0.126. The molecule has 0 unspecified atom stereocenters. The first kappa shape index (κ1) is 28.4. The first-order valence-electron chi connectivity index (χ1n) is 10.1. The normalized spacial score (nSPS) is 9.94. The lowest BCUT2D eigenvalue weighted by Crippen LogP contribution is -1.90. The van der Waals surface area contributed by atoms with Crippen LogP contribution in [0.5, 0.6) is 0 Å². The van der Waals surface area contributed by atoms with Gasteiger partial charge in [-0.25, -0.2) is 19.9 Å². The molecule has 4 aromatic heterocycles. The molecule has 0 aliphatic carbocycles. The number of allylic oxidation sites excluding steroid dienone is 1. The Bertz CT molecular complexity index is 1200. The van der Waals surface area contributed by atoms with E-state index in [1.807, 2.05) is 12.1 Å². The highest BCUT2D eigenvalue weighted by molar-refractivity contribution is 9.09. The summed E-state index contributed by atoms with van der Waals surface area (Å²) in [5, 5.41) is 10.1. The first-order valence-corrected chi connectivity index (χ1v) is 12.0. The number of rotatable bonds is 8. The van der Waals surface area contributed by atoms with E-state index in [0.717, 1.165) is 11.1 Å². The molecule has 0 saturated heterocycles. The molecule has 0 saturated carbocycles. The monoisotopic (exact) mass is 580 g/mol. The van der Waals surface area contributed by atoms with Gasteiger partial charge in [0, 0.05) is 17.7 Å². The Labute approximate surface area is 221 Å². The van der Waals surface area contributed by atoms with Crippen molar-refractivity contribution >= 4 is 39.1 Å². The van der Waals surface area contributed by atoms with E-state index in [1.165, 1.54) is 0 Å². The molecule has 0 amide bonds. The van der Waals surface area contributed by atoms with E-state index >= 15 is 0 Å². The molecule has 0 fully saturated rings. The summed E-state index contributed by atoms with van der Waals surface area (Å²) in [7, 11) is 0. The molecule has 4 aromatic rings. The molecule has 0 radical (unpaired) electrons. The number of nitrogens with zero attached hydrogens (tertiary/aromatic N) is 4. The summed E-state index contributed by atoms with van der Waals surface area (Å²) in [5.41, 5.74) is 1.25. The van der Waals surface area contributed by atoms with Crippen molar-refractivity contribution in [1.82, 2.24) is 19.9 Å². The van der Waals surface area contributed by atoms with Gasteiger partial charge in [-0.15, -0.1) is 13.2 Å². The van der Waals surface area contributed by atoms with Crippen molar-refractivity contribution in [2.24, 2.45) is 0 Å². The average Bonchev–Trinajstić information content (AvgIpc) is 3.55. The van der Waals surface area contributed by atoms with Crippen molar-refractivity contribution in [3.63, 3.8) is 0 Å². The summed E-state index contributed by atoms with van der Waals surface area (Å²) in [6.07, 6.45) is 6.61. The Morgan fingerprint density at radius 1 is 0.857 bits per heavy atom. The van der Waals surface area contributed by atoms with Gasteiger partial charge < -0.3 is 18.7 Å². The van der Waals surface area contributed by atoms with Crippen molar-refractivity contribution in [1.29, 1.82) is 0 Å². The van der Waals surface area contributed by atoms with Gasteiger partial charge in [0.15, 0.2) is 11.5 Å². The quantitative estimate of drug-likeness (QED) is 0.108. The van der Waals surface area contributed by atoms with Gasteiger partial charge in [-0.1, -0.05) is 28.1 Å². The SMILES string of the molecule is C=CCBr.C=CCOCc1ccc(-c2ccnc(Cl)n2)o1.OCc1ccc(-c2ccnc(Cl)n2)o1. The maximum atomic E-state index is 8.80. The van der Waals surface area contributed by atoms with Crippen LogP contribution < -0.4 is 0 Å². The molecule has 0 atom stereocenters. The highest BCUT2D eigenvalue weighted by atomic mass is 79.9. The molecule has 35 heavy (non-hydrogen) atoms. The fraction of sp³-hybridized carbons (Fsp3) is 0.167. The number of ether oxygens (including phenoxy) is 1. The lowest BCUT2D eigenvalue weighted by atomic mass is 10.3. The molecule has 0 aliphatic heterocycles. The molecule has 184 valence electrons. The molecule has 0 aromatic carbocycles. The molecule has 0 spiro atoms. The maximum absolute atomic E-state index is 8.80. The van der Waals surface area contributed by atoms with Gasteiger partial charge in [0.05, 0.1) is 6.61 Å². The van der Waals surface area contributed by atoms with E-state index < -0.39 is 0 Å². The van der Waals surface area contributed by atoms with Crippen LogP contribution in [0.1, 0.15) is 11.5 Å². The van der Waals surface area contributed by atoms with Crippen LogP contribution >= 0.6 is 39.1 Å². The molecule has 8 nitrogen and oxygen atoms in total. The lowest BCUT2D eigenvalue weighted by molar-refractivity contribution is 0.132. The number of aromatic nitrogens is 4. The van der Waals surface area contributed by atoms with Crippen molar-refractivity contribution < 1.29 is 18.7 Å². The summed E-state index contributed by atoms with van der Waals surface area (Å²) >= 11 is 14.5. The summed E-state index contributed by atoms with van der Waals surface area (Å²) < 4.78 is 16.1. The van der Waals surface area contributed by atoms with Gasteiger partial charge >= 0.3 is 0 Å². The summed E-state index contributed by atoms with van der Waals surface area (Å²) in [6.45, 7) is 7.78. The second-order valence-electron chi connectivity index (χ2n) is 6.36. The van der Waals surface area contributed by atoms with Crippen LogP contribution in [0, 0.1) is 0 Å². The molecule has 4 rings (SSSR count). The molecular formula is C24H23BrCl2N4O4. The second-order valence-corrected chi connectivity index (χ2v) is 7.68. The number of halogens is 3. The number of aliphatic hydroxyl groups excluding tert-OH is 1. The minimum atomic E-state index is -0.126. The zero-order valence-corrected chi connectivity index (χ0v) is 21.7. The predicted molar refractivity (Wildman–Crippen MR) is 139 cm³/mol. The fourth-order valence-corrected chi connectivity index (χ4v) is 2.68. The lowest BCUT2D eigenvalue weighted by Gasteiger charge is -1.98. The maximum Gasteiger partial charge on any atom is 0.222 e. The fourth-order valence-electron chi connectivity index (χ4n) is 2.38. The first-order chi connectivity index (χ1) is 17.0. The van der Waals surface area contributed by atoms with E-state index in [9.17, 15) is 0 Å². The van der Waals surface area contributed by atoms with E-state index in [2.05, 4.69) is 49.0 Å². The Morgan fingerprint density at radius 2 is 1.37 bits per heavy atom. The number of hydrogen-bond donors (Lipinski definition) is 1. The molecule has 0 bridgehead atoms. The second kappa shape index (κ2) is 16.0. The van der Waals surface area contributed by atoms with Crippen molar-refractivity contribution in [3.8, 4) is 22.9 Å². The third kappa shape index (κ3) is 10.1. The minimum Gasteiger partial charge on any atom is -0.457 e. The van der Waals surface area contributed by atoms with Gasteiger partial charge in [-0.3, -0.25) is 0 Å². The van der Waals surface area contributed by atoms with Gasteiger partial charge in [-0.05, 0) is 59.6 Å². The molecule has 0 aliphatic rings. The molecule has 4 heterocycles. The van der Waals surface area contributed by atoms with Crippen LogP contribution in [0.4, 0.5) is 0 Å². The van der Waals surface area contributed by atoms with Gasteiger partial charge in [0.2, 0.25) is 10.6 Å². The average molecular weight is 582 g/mol. The zero-order valence-electron chi connectivity index (χ0n) is 18.6. The van der Waals surface area contributed by atoms with Crippen LogP contribution in [0.25, 0.3) is 22.9 Å². The number of hydrogen-bond acceptors (Lipinski definition) is 8. The van der Waals surface area contributed by atoms with Crippen LogP contribution in [-0.2, 0) is 18.0 Å². The standard InChI is InChI=1S/C12H11ClN2O2.C9H7ClN2O2.C3H5Br/c1-2-7-16-8-9-3-4-11(17-9)10-5-6-14-12(13)15-10;10-9-11-4-3-7(12-9)8-2-1-6(5-13)14-8;1-2-3-4/h2-6H,1,7-8H2;1-4,13H,5H2;2H,1,3H2.